The van der Waals surface area contributed by atoms with E-state index in [-0.39, 0.29) is 24.4 Å². The maximum Gasteiger partial charge on any atom is 0.452 e. The van der Waals surface area contributed by atoms with Gasteiger partial charge in [0.2, 0.25) is 0 Å². The Bertz CT molecular complexity index is 580. The van der Waals surface area contributed by atoms with E-state index in [1.54, 1.807) is 0 Å². The van der Waals surface area contributed by atoms with Crippen LogP contribution in [0.15, 0.2) is 48.5 Å². The van der Waals surface area contributed by atoms with Crippen LogP contribution in [0, 0.1) is 0 Å². The molecule has 0 spiro atoms. The summed E-state index contributed by atoms with van der Waals surface area (Å²) in [5, 5.41) is 0. The summed E-state index contributed by atoms with van der Waals surface area (Å²) in [5.74, 6) is 0. The molecule has 0 aliphatic carbocycles. The second kappa shape index (κ2) is 7.23. The largest absolute Gasteiger partial charge is 0.452 e. The van der Waals surface area contributed by atoms with E-state index in [2.05, 4.69) is 0 Å². The van der Waals surface area contributed by atoms with Crippen molar-refractivity contribution in [1.82, 2.24) is 0 Å². The third kappa shape index (κ3) is 4.63. The summed E-state index contributed by atoms with van der Waals surface area (Å²) in [6.07, 6.45) is -9.12. The molecule has 0 radical (unpaired) electrons. The highest BCUT2D eigenvalue weighted by molar-refractivity contribution is 8.93. The van der Waals surface area contributed by atoms with Gasteiger partial charge in [-0.2, -0.15) is 33.7 Å². The van der Waals surface area contributed by atoms with Crippen molar-refractivity contribution in [2.45, 2.75) is 12.4 Å². The molecule has 0 aliphatic heterocycles. The SMILES string of the molecule is Br.FC(F)(F)c1cccc[c]1[Mg][c]1ccccc1C(F)(F)F. The maximum atomic E-state index is 12.9. The highest BCUT2D eigenvalue weighted by Gasteiger charge is 2.35. The zero-order chi connectivity index (χ0) is 15.7. The quantitative estimate of drug-likeness (QED) is 0.534. The topological polar surface area (TPSA) is 0 Å². The summed E-state index contributed by atoms with van der Waals surface area (Å²) in [4.78, 5) is 0. The molecule has 0 nitrogen and oxygen atoms in total. The van der Waals surface area contributed by atoms with Gasteiger partial charge in [0.1, 0.15) is 0 Å². The first kappa shape index (κ1) is 19.3. The van der Waals surface area contributed by atoms with Crippen LogP contribution in [0.25, 0.3) is 0 Å². The molecule has 0 heterocycles. The molecule has 0 fully saturated rings. The first-order valence-corrected chi connectivity index (χ1v) is 7.41. The van der Waals surface area contributed by atoms with Gasteiger partial charge in [-0.25, -0.2) is 0 Å². The number of alkyl halides is 6. The molecule has 0 saturated heterocycles. The van der Waals surface area contributed by atoms with Crippen LogP contribution < -0.4 is 7.39 Å². The van der Waals surface area contributed by atoms with Crippen molar-refractivity contribution in [2.75, 3.05) is 0 Å². The molecule has 0 aliphatic rings. The van der Waals surface area contributed by atoms with Crippen LogP contribution in [-0.4, -0.2) is 20.4 Å². The lowest BCUT2D eigenvalue weighted by molar-refractivity contribution is -0.137. The van der Waals surface area contributed by atoms with Crippen molar-refractivity contribution in [3.05, 3.63) is 59.7 Å². The Morgan fingerprint density at radius 2 is 0.909 bits per heavy atom. The Morgan fingerprint density at radius 1 is 0.591 bits per heavy atom. The molecule has 2 rings (SSSR count). The Balaban J connectivity index is 0.00000242. The molecule has 0 atom stereocenters. The van der Waals surface area contributed by atoms with Crippen LogP contribution in [0.3, 0.4) is 0 Å². The summed E-state index contributed by atoms with van der Waals surface area (Å²) >= 11 is -1.89. The second-order valence-electron chi connectivity index (χ2n) is 4.49. The van der Waals surface area contributed by atoms with Crippen LogP contribution in [0.4, 0.5) is 26.3 Å². The Labute approximate surface area is 143 Å². The minimum atomic E-state index is -4.56. The zero-order valence-electron chi connectivity index (χ0n) is 11.0. The standard InChI is InChI=1S/2C7H4F3.BrH.Mg/c2*8-7(9,10)6-4-2-1-3-5-6;;/h2*1-4H;1H;. The lowest BCUT2D eigenvalue weighted by atomic mass is 10.2. The van der Waals surface area contributed by atoms with Gasteiger partial charge in [0, 0.05) is 11.1 Å². The van der Waals surface area contributed by atoms with Gasteiger partial charge in [0.15, 0.2) is 0 Å². The van der Waals surface area contributed by atoms with E-state index in [1.807, 2.05) is 0 Å². The van der Waals surface area contributed by atoms with Crippen molar-refractivity contribution >= 4 is 44.7 Å². The predicted molar refractivity (Wildman–Crippen MR) is 78.2 cm³/mol. The molecule has 0 amide bonds. The van der Waals surface area contributed by atoms with Gasteiger partial charge >= 0.3 is 32.7 Å². The molecule has 2 aromatic carbocycles. The Morgan fingerprint density at radius 3 is 1.23 bits per heavy atom. The summed E-state index contributed by atoms with van der Waals surface area (Å²) in [6.45, 7) is 0. The summed E-state index contributed by atoms with van der Waals surface area (Å²) in [6, 6.07) is 9.59. The van der Waals surface area contributed by atoms with Crippen molar-refractivity contribution < 1.29 is 26.3 Å². The van der Waals surface area contributed by atoms with Gasteiger partial charge in [0.25, 0.3) is 0 Å². The molecule has 0 N–H and O–H groups in total. The number of halogens is 7. The van der Waals surface area contributed by atoms with E-state index in [4.69, 9.17) is 0 Å². The van der Waals surface area contributed by atoms with Crippen molar-refractivity contribution in [3.63, 3.8) is 0 Å². The average Bonchev–Trinajstić information content (AvgIpc) is 2.37. The molecule has 2 aromatic rings. The number of benzene rings is 2. The number of rotatable bonds is 2. The van der Waals surface area contributed by atoms with Crippen molar-refractivity contribution in [3.8, 4) is 0 Å². The summed E-state index contributed by atoms with van der Waals surface area (Å²) in [5.41, 5.74) is -1.71. The number of hydrogen-bond acceptors (Lipinski definition) is 0. The second-order valence-corrected chi connectivity index (χ2v) is 6.36. The van der Waals surface area contributed by atoms with Gasteiger partial charge in [-0.05, 0) is 0 Å². The lowest BCUT2D eigenvalue weighted by Crippen LogP contribution is -2.36. The van der Waals surface area contributed by atoms with Gasteiger partial charge in [-0.15, -0.1) is 17.0 Å². The van der Waals surface area contributed by atoms with E-state index < -0.39 is 43.8 Å². The molecule has 8 heteroatoms. The predicted octanol–water partition coefficient (Wildman–Crippen LogP) is 3.96. The first-order valence-electron chi connectivity index (χ1n) is 6.00. The first-order chi connectivity index (χ1) is 9.69. The molecule has 0 aromatic heterocycles. The van der Waals surface area contributed by atoms with E-state index in [1.165, 1.54) is 36.4 Å². The van der Waals surface area contributed by atoms with Gasteiger partial charge < -0.3 is 0 Å². The van der Waals surface area contributed by atoms with Gasteiger partial charge in [0.05, 0.1) is 0 Å². The smallest absolute Gasteiger partial charge is 0.166 e. The van der Waals surface area contributed by atoms with E-state index in [0.29, 0.717) is 0 Å². The normalized spacial score (nSPS) is 11.5. The molecule has 0 bridgehead atoms. The number of hydrogen-bond donors (Lipinski definition) is 0. The van der Waals surface area contributed by atoms with Gasteiger partial charge in [-0.1, -0.05) is 48.5 Å². The molecule has 22 heavy (non-hydrogen) atoms. The maximum absolute atomic E-state index is 12.9. The van der Waals surface area contributed by atoms with Crippen LogP contribution in [-0.2, 0) is 12.4 Å². The molecule has 116 valence electrons. The monoisotopic (exact) mass is 394 g/mol. The van der Waals surface area contributed by atoms with E-state index in [0.717, 1.165) is 12.1 Å². The van der Waals surface area contributed by atoms with Crippen LogP contribution in [0.2, 0.25) is 0 Å². The van der Waals surface area contributed by atoms with Crippen LogP contribution >= 0.6 is 17.0 Å². The average molecular weight is 395 g/mol. The van der Waals surface area contributed by atoms with Crippen molar-refractivity contribution in [2.24, 2.45) is 0 Å². The van der Waals surface area contributed by atoms with E-state index >= 15 is 0 Å². The molecular weight excluding hydrogens is 386 g/mol. The van der Waals surface area contributed by atoms with Crippen LogP contribution in [0.1, 0.15) is 11.1 Å². The third-order valence-electron chi connectivity index (χ3n) is 3.03. The lowest BCUT2D eigenvalue weighted by Gasteiger charge is -2.16. The molecule has 0 saturated carbocycles. The fourth-order valence-electron chi connectivity index (χ4n) is 2.11. The highest BCUT2D eigenvalue weighted by Crippen LogP contribution is 2.29. The Kier molecular flexibility index (Phi) is 6.34. The van der Waals surface area contributed by atoms with Crippen molar-refractivity contribution in [1.29, 1.82) is 0 Å². The highest BCUT2D eigenvalue weighted by atomic mass is 79.9. The minimum Gasteiger partial charge on any atom is -0.166 e. The van der Waals surface area contributed by atoms with E-state index in [9.17, 15) is 26.3 Å². The van der Waals surface area contributed by atoms with Gasteiger partial charge in [-0.3, -0.25) is 0 Å². The fraction of sp³-hybridized carbons (Fsp3) is 0.143. The van der Waals surface area contributed by atoms with Crippen LogP contribution in [0.5, 0.6) is 0 Å². The third-order valence-corrected chi connectivity index (χ3v) is 5.02. The minimum absolute atomic E-state index is 0. The molecule has 0 unspecified atom stereocenters. The summed E-state index contributed by atoms with van der Waals surface area (Å²) < 4.78 is 77.2. The Hall–Kier alpha value is -0.734. The summed E-state index contributed by atoms with van der Waals surface area (Å²) in [7, 11) is 0. The fourth-order valence-corrected chi connectivity index (χ4v) is 4.04. The zero-order valence-corrected chi connectivity index (χ0v) is 14.1. The molecular formula is C14H9BrF6Mg.